The highest BCUT2D eigenvalue weighted by Crippen LogP contribution is 2.39. The van der Waals surface area contributed by atoms with Crippen molar-refractivity contribution in [3.05, 3.63) is 98.8 Å². The van der Waals surface area contributed by atoms with Crippen molar-refractivity contribution >= 4 is 50.3 Å². The fourth-order valence-electron chi connectivity index (χ4n) is 4.32. The molecule has 1 amide bonds. The first-order chi connectivity index (χ1) is 20.3. The number of fused-ring (bicyclic) bond motifs is 1. The standard InChI is InChI=1S/C30H22F6N2O3S2/c1-38(15-21-13-18-5-3-4-6-25(18)42-21)28-37-27(39)26(43-28)12-17-7-10-23(24(11-17)40-2)41-16-19-8-9-20(29(31,32)33)14-22(19)30(34,35)36/h3-14H,15-16H2,1-2H3. The van der Waals surface area contributed by atoms with Crippen molar-refractivity contribution in [1.82, 2.24) is 4.90 Å². The minimum Gasteiger partial charge on any atom is -0.493 e. The van der Waals surface area contributed by atoms with E-state index in [4.69, 9.17) is 9.47 Å². The van der Waals surface area contributed by atoms with E-state index in [1.165, 1.54) is 35.7 Å². The molecule has 0 saturated carbocycles. The van der Waals surface area contributed by atoms with Gasteiger partial charge in [0.25, 0.3) is 5.91 Å². The number of hydrogen-bond acceptors (Lipinski definition) is 6. The second-order valence-corrected chi connectivity index (χ2v) is 11.7. The van der Waals surface area contributed by atoms with E-state index in [1.807, 2.05) is 30.1 Å². The van der Waals surface area contributed by atoms with Gasteiger partial charge in [0.15, 0.2) is 16.7 Å². The average molecular weight is 637 g/mol. The minimum absolute atomic E-state index is 0.0672. The van der Waals surface area contributed by atoms with Crippen LogP contribution in [0.2, 0.25) is 0 Å². The van der Waals surface area contributed by atoms with Gasteiger partial charge in [-0.15, -0.1) is 11.3 Å². The quantitative estimate of drug-likeness (QED) is 0.150. The van der Waals surface area contributed by atoms with Gasteiger partial charge >= 0.3 is 12.4 Å². The van der Waals surface area contributed by atoms with Gasteiger partial charge in [0.05, 0.1) is 29.7 Å². The molecule has 0 bridgehead atoms. The maximum absolute atomic E-state index is 13.5. The van der Waals surface area contributed by atoms with Crippen LogP contribution >= 0.6 is 23.1 Å². The Bertz CT molecular complexity index is 1710. The molecule has 4 aromatic rings. The van der Waals surface area contributed by atoms with Crippen LogP contribution in [0.3, 0.4) is 0 Å². The van der Waals surface area contributed by atoms with Crippen LogP contribution in [0.5, 0.6) is 11.5 Å². The largest absolute Gasteiger partial charge is 0.493 e. The first-order valence-electron chi connectivity index (χ1n) is 12.6. The van der Waals surface area contributed by atoms with E-state index in [9.17, 15) is 31.1 Å². The molecule has 0 unspecified atom stereocenters. The molecule has 0 saturated heterocycles. The molecule has 0 spiro atoms. The number of rotatable bonds is 7. The van der Waals surface area contributed by atoms with Crippen molar-refractivity contribution in [3.63, 3.8) is 0 Å². The van der Waals surface area contributed by atoms with Crippen LogP contribution in [-0.4, -0.2) is 30.1 Å². The molecule has 5 nitrogen and oxygen atoms in total. The molecule has 0 N–H and O–H groups in total. The number of aliphatic imine (C=N–C) groups is 1. The van der Waals surface area contributed by atoms with Gasteiger partial charge < -0.3 is 14.4 Å². The van der Waals surface area contributed by atoms with Gasteiger partial charge in [-0.1, -0.05) is 30.3 Å². The summed E-state index contributed by atoms with van der Waals surface area (Å²) in [6, 6.07) is 16.1. The zero-order chi connectivity index (χ0) is 30.9. The van der Waals surface area contributed by atoms with E-state index < -0.39 is 41.6 Å². The molecular formula is C30H22F6N2O3S2. The van der Waals surface area contributed by atoms with E-state index in [-0.39, 0.29) is 17.6 Å². The Morgan fingerprint density at radius 2 is 1.70 bits per heavy atom. The topological polar surface area (TPSA) is 51.1 Å². The third kappa shape index (κ3) is 6.99. The maximum Gasteiger partial charge on any atom is 0.416 e. The van der Waals surface area contributed by atoms with Crippen LogP contribution in [0.1, 0.15) is 27.1 Å². The van der Waals surface area contributed by atoms with Crippen molar-refractivity contribution in [1.29, 1.82) is 0 Å². The lowest BCUT2D eigenvalue weighted by Crippen LogP contribution is -2.21. The van der Waals surface area contributed by atoms with Crippen molar-refractivity contribution in [3.8, 4) is 11.5 Å². The summed E-state index contributed by atoms with van der Waals surface area (Å²) in [5.41, 5.74) is -2.76. The number of nitrogens with zero attached hydrogens (tertiary/aromatic N) is 2. The number of hydrogen-bond donors (Lipinski definition) is 0. The van der Waals surface area contributed by atoms with Crippen molar-refractivity contribution in [2.24, 2.45) is 4.99 Å². The number of amidine groups is 1. The van der Waals surface area contributed by atoms with Gasteiger partial charge in [-0.3, -0.25) is 4.79 Å². The normalized spacial score (nSPS) is 14.8. The van der Waals surface area contributed by atoms with Gasteiger partial charge in [0.1, 0.15) is 6.61 Å². The first-order valence-corrected chi connectivity index (χ1v) is 14.2. The van der Waals surface area contributed by atoms with Crippen LogP contribution in [0.4, 0.5) is 26.3 Å². The number of alkyl halides is 6. The van der Waals surface area contributed by atoms with Crippen LogP contribution in [-0.2, 0) is 30.3 Å². The molecule has 1 aliphatic heterocycles. The van der Waals surface area contributed by atoms with Gasteiger partial charge in [-0.25, -0.2) is 0 Å². The molecule has 1 aromatic heterocycles. The lowest BCUT2D eigenvalue weighted by molar-refractivity contribution is -0.143. The van der Waals surface area contributed by atoms with E-state index >= 15 is 0 Å². The fraction of sp³-hybridized carbons (Fsp3) is 0.200. The van der Waals surface area contributed by atoms with Crippen LogP contribution < -0.4 is 9.47 Å². The van der Waals surface area contributed by atoms with Crippen LogP contribution in [0, 0.1) is 0 Å². The van der Waals surface area contributed by atoms with Crippen molar-refractivity contribution in [2.45, 2.75) is 25.5 Å². The minimum atomic E-state index is -5.02. The molecule has 43 heavy (non-hydrogen) atoms. The molecule has 1 aliphatic rings. The molecule has 0 aliphatic carbocycles. The average Bonchev–Trinajstić information content (AvgIpc) is 3.53. The molecular weight excluding hydrogens is 614 g/mol. The van der Waals surface area contributed by atoms with E-state index in [0.29, 0.717) is 28.2 Å². The predicted molar refractivity (Wildman–Crippen MR) is 155 cm³/mol. The second kappa shape index (κ2) is 12.0. The predicted octanol–water partition coefficient (Wildman–Crippen LogP) is 8.63. The summed E-state index contributed by atoms with van der Waals surface area (Å²) in [4.78, 5) is 20.2. The number of thioether (sulfide) groups is 1. The van der Waals surface area contributed by atoms with Gasteiger partial charge in [0, 0.05) is 22.2 Å². The Kier molecular flexibility index (Phi) is 8.48. The van der Waals surface area contributed by atoms with Gasteiger partial charge in [-0.2, -0.15) is 31.3 Å². The number of ether oxygens (including phenoxy) is 2. The zero-order valence-corrected chi connectivity index (χ0v) is 24.2. The summed E-state index contributed by atoms with van der Waals surface area (Å²) >= 11 is 2.88. The van der Waals surface area contributed by atoms with Crippen LogP contribution in [0.15, 0.2) is 76.6 Å². The number of halogens is 6. The lowest BCUT2D eigenvalue weighted by Gasteiger charge is -2.17. The van der Waals surface area contributed by atoms with E-state index in [1.54, 1.807) is 23.5 Å². The first kappa shape index (κ1) is 30.5. The SMILES string of the molecule is COc1cc(C=C2SC(N(C)Cc3cc4ccccc4s3)=NC2=O)ccc1OCc1ccc(C(F)(F)F)cc1C(F)(F)F. The molecule has 224 valence electrons. The summed E-state index contributed by atoms with van der Waals surface area (Å²) in [6.07, 6.45) is -8.33. The molecule has 3 aromatic carbocycles. The molecule has 13 heteroatoms. The van der Waals surface area contributed by atoms with Crippen LogP contribution in [0.25, 0.3) is 16.2 Å². The Morgan fingerprint density at radius 3 is 2.40 bits per heavy atom. The van der Waals surface area contributed by atoms with E-state index in [2.05, 4.69) is 17.1 Å². The number of carbonyl (C=O) groups is 1. The molecule has 5 rings (SSSR count). The highest BCUT2D eigenvalue weighted by atomic mass is 32.2. The zero-order valence-electron chi connectivity index (χ0n) is 22.5. The van der Waals surface area contributed by atoms with E-state index in [0.717, 1.165) is 16.3 Å². The second-order valence-electron chi connectivity index (χ2n) is 9.48. The highest BCUT2D eigenvalue weighted by Gasteiger charge is 2.38. The van der Waals surface area contributed by atoms with Gasteiger partial charge in [0.2, 0.25) is 0 Å². The summed E-state index contributed by atoms with van der Waals surface area (Å²) < 4.78 is 91.5. The molecule has 0 atom stereocenters. The maximum atomic E-state index is 13.5. The Balaban J connectivity index is 1.28. The van der Waals surface area contributed by atoms with Crippen molar-refractivity contribution < 1.29 is 40.6 Å². The third-order valence-electron chi connectivity index (χ3n) is 6.42. The molecule has 2 heterocycles. The number of benzene rings is 3. The smallest absolute Gasteiger partial charge is 0.416 e. The number of amides is 1. The fourth-order valence-corrected chi connectivity index (χ4v) is 6.31. The summed E-state index contributed by atoms with van der Waals surface area (Å²) in [5.74, 6) is -0.180. The monoisotopic (exact) mass is 636 g/mol. The number of methoxy groups -OCH3 is 1. The van der Waals surface area contributed by atoms with Gasteiger partial charge in [-0.05, 0) is 65.2 Å². The molecule has 0 fully saturated rings. The Labute approximate surface area is 250 Å². The lowest BCUT2D eigenvalue weighted by atomic mass is 10.0. The Morgan fingerprint density at radius 1 is 0.930 bits per heavy atom. The summed E-state index contributed by atoms with van der Waals surface area (Å²) in [6.45, 7) is -0.0813. The Hall–Kier alpha value is -3.97. The third-order valence-corrected chi connectivity index (χ3v) is 8.62. The summed E-state index contributed by atoms with van der Waals surface area (Å²) in [5, 5.41) is 1.69. The summed E-state index contributed by atoms with van der Waals surface area (Å²) in [7, 11) is 3.18. The van der Waals surface area contributed by atoms with Crippen molar-refractivity contribution in [2.75, 3.05) is 14.2 Å². The highest BCUT2D eigenvalue weighted by molar-refractivity contribution is 8.18. The molecule has 0 radical (unpaired) electrons. The number of thiophene rings is 1. The number of carbonyl (C=O) groups excluding carboxylic acids is 1.